The summed E-state index contributed by atoms with van der Waals surface area (Å²) in [5, 5.41) is 14.4. The number of amides is 1. The van der Waals surface area contributed by atoms with E-state index >= 15 is 0 Å². The first-order valence-electron chi connectivity index (χ1n) is 7.50. The standard InChI is InChI=1S/C17H16N4O3S/c1-8-4-5-11(21(23)24)7-12(8)20-16(22)15-14(18)13-9(2)6-10(3)19-17(13)25-15/h4-7H,18H2,1-3H3,(H,20,22). The number of pyridine rings is 1. The number of nitrogen functional groups attached to an aromatic ring is 1. The molecule has 0 spiro atoms. The maximum atomic E-state index is 12.7. The largest absolute Gasteiger partial charge is 0.397 e. The van der Waals surface area contributed by atoms with Gasteiger partial charge in [-0.1, -0.05) is 6.07 Å². The molecule has 1 aromatic carbocycles. The lowest BCUT2D eigenvalue weighted by Crippen LogP contribution is -2.13. The van der Waals surface area contributed by atoms with Crippen molar-refractivity contribution in [3.63, 3.8) is 0 Å². The number of thiophene rings is 1. The fourth-order valence-electron chi connectivity index (χ4n) is 2.68. The summed E-state index contributed by atoms with van der Waals surface area (Å²) in [6.45, 7) is 5.57. The molecule has 8 heteroatoms. The molecule has 0 fully saturated rings. The van der Waals surface area contributed by atoms with E-state index in [1.54, 1.807) is 13.0 Å². The molecule has 0 aliphatic heterocycles. The number of carbonyl (C=O) groups is 1. The second-order valence-corrected chi connectivity index (χ2v) is 6.82. The molecule has 1 amide bonds. The second kappa shape index (κ2) is 6.14. The minimum atomic E-state index is -0.501. The third kappa shape index (κ3) is 3.03. The average molecular weight is 356 g/mol. The minimum absolute atomic E-state index is 0.0849. The van der Waals surface area contributed by atoms with Crippen molar-refractivity contribution in [1.29, 1.82) is 0 Å². The van der Waals surface area contributed by atoms with Gasteiger partial charge in [-0.25, -0.2) is 4.98 Å². The number of nitrogens with one attached hydrogen (secondary N) is 1. The Morgan fingerprint density at radius 1 is 1.24 bits per heavy atom. The van der Waals surface area contributed by atoms with Crippen LogP contribution in [0.15, 0.2) is 24.3 Å². The Labute approximate surface area is 147 Å². The molecule has 0 saturated carbocycles. The van der Waals surface area contributed by atoms with E-state index in [0.29, 0.717) is 21.1 Å². The van der Waals surface area contributed by atoms with Crippen molar-refractivity contribution in [2.45, 2.75) is 20.8 Å². The monoisotopic (exact) mass is 356 g/mol. The number of hydrogen-bond acceptors (Lipinski definition) is 6. The number of benzene rings is 1. The molecule has 0 aliphatic carbocycles. The Morgan fingerprint density at radius 3 is 2.64 bits per heavy atom. The van der Waals surface area contributed by atoms with Gasteiger partial charge in [-0.05, 0) is 38.0 Å². The number of non-ortho nitro benzene ring substituents is 1. The first-order chi connectivity index (χ1) is 11.8. The number of hydrogen-bond donors (Lipinski definition) is 2. The van der Waals surface area contributed by atoms with Gasteiger partial charge >= 0.3 is 0 Å². The van der Waals surface area contributed by atoms with E-state index in [0.717, 1.165) is 22.2 Å². The van der Waals surface area contributed by atoms with E-state index in [1.165, 1.54) is 23.5 Å². The summed E-state index contributed by atoms with van der Waals surface area (Å²) < 4.78 is 0. The lowest BCUT2D eigenvalue weighted by molar-refractivity contribution is -0.384. The molecule has 0 aliphatic rings. The molecule has 25 heavy (non-hydrogen) atoms. The molecular weight excluding hydrogens is 340 g/mol. The number of nitro groups is 1. The van der Waals surface area contributed by atoms with Crippen molar-refractivity contribution in [2.24, 2.45) is 0 Å². The van der Waals surface area contributed by atoms with Crippen molar-refractivity contribution in [2.75, 3.05) is 11.1 Å². The normalized spacial score (nSPS) is 10.8. The first-order valence-corrected chi connectivity index (χ1v) is 8.32. The van der Waals surface area contributed by atoms with E-state index in [-0.39, 0.29) is 5.69 Å². The van der Waals surface area contributed by atoms with Crippen molar-refractivity contribution >= 4 is 44.5 Å². The predicted molar refractivity (Wildman–Crippen MR) is 99.3 cm³/mol. The molecule has 3 rings (SSSR count). The number of nitro benzene ring substituents is 1. The Kier molecular flexibility index (Phi) is 4.13. The van der Waals surface area contributed by atoms with Crippen LogP contribution in [0.3, 0.4) is 0 Å². The maximum Gasteiger partial charge on any atom is 0.271 e. The molecule has 128 valence electrons. The van der Waals surface area contributed by atoms with Crippen LogP contribution in [0, 0.1) is 30.9 Å². The van der Waals surface area contributed by atoms with Crippen LogP contribution >= 0.6 is 11.3 Å². The SMILES string of the molecule is Cc1cc(C)c2c(N)c(C(=O)Nc3cc([N+](=O)[O-])ccc3C)sc2n1. The third-order valence-electron chi connectivity index (χ3n) is 3.91. The Balaban J connectivity index is 2.01. The van der Waals surface area contributed by atoms with Crippen molar-refractivity contribution in [1.82, 2.24) is 4.98 Å². The molecule has 0 saturated heterocycles. The fourth-order valence-corrected chi connectivity index (χ4v) is 3.79. The second-order valence-electron chi connectivity index (χ2n) is 5.82. The van der Waals surface area contributed by atoms with Gasteiger partial charge in [-0.3, -0.25) is 14.9 Å². The summed E-state index contributed by atoms with van der Waals surface area (Å²) in [5.74, 6) is -0.402. The van der Waals surface area contributed by atoms with Gasteiger partial charge in [0.2, 0.25) is 0 Å². The minimum Gasteiger partial charge on any atom is -0.397 e. The van der Waals surface area contributed by atoms with Crippen LogP contribution in [0.2, 0.25) is 0 Å². The highest BCUT2D eigenvalue weighted by Gasteiger charge is 2.20. The van der Waals surface area contributed by atoms with Crippen LogP contribution < -0.4 is 11.1 Å². The molecule has 0 radical (unpaired) electrons. The molecule has 0 unspecified atom stereocenters. The molecule has 3 aromatic rings. The highest BCUT2D eigenvalue weighted by Crippen LogP contribution is 2.35. The van der Waals surface area contributed by atoms with E-state index in [2.05, 4.69) is 10.3 Å². The van der Waals surface area contributed by atoms with Crippen LogP contribution in [-0.2, 0) is 0 Å². The van der Waals surface area contributed by atoms with Gasteiger partial charge in [0.05, 0.1) is 16.3 Å². The number of rotatable bonds is 3. The highest BCUT2D eigenvalue weighted by molar-refractivity contribution is 7.21. The van der Waals surface area contributed by atoms with Gasteiger partial charge in [-0.2, -0.15) is 0 Å². The highest BCUT2D eigenvalue weighted by atomic mass is 32.1. The summed E-state index contributed by atoms with van der Waals surface area (Å²) in [5.41, 5.74) is 9.38. The number of carbonyl (C=O) groups excluding carboxylic acids is 1. The summed E-state index contributed by atoms with van der Waals surface area (Å²) in [6, 6.07) is 6.24. The van der Waals surface area contributed by atoms with Crippen molar-refractivity contribution in [3.8, 4) is 0 Å². The fraction of sp³-hybridized carbons (Fsp3) is 0.176. The number of nitrogens with two attached hydrogens (primary N) is 1. The van der Waals surface area contributed by atoms with Crippen LogP contribution in [0.1, 0.15) is 26.5 Å². The smallest absolute Gasteiger partial charge is 0.271 e. The van der Waals surface area contributed by atoms with E-state index in [4.69, 9.17) is 5.73 Å². The summed E-state index contributed by atoms with van der Waals surface area (Å²) >= 11 is 1.21. The van der Waals surface area contributed by atoms with E-state index in [9.17, 15) is 14.9 Å². The van der Waals surface area contributed by atoms with Crippen LogP contribution in [0.4, 0.5) is 17.1 Å². The quantitative estimate of drug-likeness (QED) is 0.545. The van der Waals surface area contributed by atoms with Crippen LogP contribution in [0.25, 0.3) is 10.2 Å². The predicted octanol–water partition coefficient (Wildman–Crippen LogP) is 3.96. The number of aromatic nitrogens is 1. The van der Waals surface area contributed by atoms with Crippen molar-refractivity contribution in [3.05, 3.63) is 56.1 Å². The zero-order valence-corrected chi connectivity index (χ0v) is 14.7. The molecule has 7 nitrogen and oxygen atoms in total. The maximum absolute atomic E-state index is 12.7. The van der Waals surface area contributed by atoms with Gasteiger partial charge in [-0.15, -0.1) is 11.3 Å². The first kappa shape index (κ1) is 16.8. The van der Waals surface area contributed by atoms with Gasteiger partial charge in [0.1, 0.15) is 9.71 Å². The molecule has 3 N–H and O–H groups in total. The summed E-state index contributed by atoms with van der Waals surface area (Å²) in [4.78, 5) is 28.6. The molecular formula is C17H16N4O3S. The van der Waals surface area contributed by atoms with E-state index < -0.39 is 10.8 Å². The summed E-state index contributed by atoms with van der Waals surface area (Å²) in [6.07, 6.45) is 0. The topological polar surface area (TPSA) is 111 Å². The number of anilines is 2. The lowest BCUT2D eigenvalue weighted by Gasteiger charge is -2.07. The van der Waals surface area contributed by atoms with Gasteiger partial charge in [0.15, 0.2) is 0 Å². The molecule has 0 bridgehead atoms. The van der Waals surface area contributed by atoms with Gasteiger partial charge in [0, 0.05) is 23.2 Å². The molecule has 2 heterocycles. The Hall–Kier alpha value is -3.00. The average Bonchev–Trinajstić information content (AvgIpc) is 2.86. The summed E-state index contributed by atoms with van der Waals surface area (Å²) in [7, 11) is 0. The zero-order valence-electron chi connectivity index (χ0n) is 13.9. The van der Waals surface area contributed by atoms with Crippen molar-refractivity contribution < 1.29 is 9.72 Å². The lowest BCUT2D eigenvalue weighted by atomic mass is 10.1. The van der Waals surface area contributed by atoms with Crippen LogP contribution in [-0.4, -0.2) is 15.8 Å². The Morgan fingerprint density at radius 2 is 1.96 bits per heavy atom. The van der Waals surface area contributed by atoms with Gasteiger partial charge < -0.3 is 11.1 Å². The number of fused-ring (bicyclic) bond motifs is 1. The molecule has 0 atom stereocenters. The van der Waals surface area contributed by atoms with Gasteiger partial charge in [0.25, 0.3) is 11.6 Å². The number of nitrogens with zero attached hydrogens (tertiary/aromatic N) is 2. The third-order valence-corrected chi connectivity index (χ3v) is 5.01. The van der Waals surface area contributed by atoms with E-state index in [1.807, 2.05) is 19.9 Å². The van der Waals surface area contributed by atoms with Crippen LogP contribution in [0.5, 0.6) is 0 Å². The zero-order chi connectivity index (χ0) is 18.3. The Bertz CT molecular complexity index is 1030. The molecule has 2 aromatic heterocycles. The number of aryl methyl sites for hydroxylation is 3.